The Labute approximate surface area is 168 Å². The minimum Gasteiger partial charge on any atom is -0.444 e. The molecule has 2 aliphatic rings. The van der Waals surface area contributed by atoms with Crippen LogP contribution in [0.1, 0.15) is 45.0 Å². The summed E-state index contributed by atoms with van der Waals surface area (Å²) >= 11 is 3.59. The van der Waals surface area contributed by atoms with Gasteiger partial charge in [0.15, 0.2) is 0 Å². The second kappa shape index (κ2) is 6.06. The molecule has 1 spiro atoms. The Balaban J connectivity index is 1.55. The number of carbonyl (C=O) groups is 1. The molecule has 2 fully saturated rings. The third kappa shape index (κ3) is 3.16. The van der Waals surface area contributed by atoms with Crippen molar-refractivity contribution in [2.45, 2.75) is 44.6 Å². The Morgan fingerprint density at radius 3 is 2.52 bits per heavy atom. The highest BCUT2D eigenvalue weighted by molar-refractivity contribution is 9.10. The Bertz CT molecular complexity index is 872. The summed E-state index contributed by atoms with van der Waals surface area (Å²) in [5.74, 6) is 0.988. The molecular weight excluding hydrogens is 408 g/mol. The number of hydrogen-bond donors (Lipinski definition) is 0. The maximum atomic E-state index is 12.3. The van der Waals surface area contributed by atoms with E-state index in [0.717, 1.165) is 36.2 Å². The molecule has 7 heteroatoms. The summed E-state index contributed by atoms with van der Waals surface area (Å²) < 4.78 is 8.58. The highest BCUT2D eigenvalue weighted by Gasteiger charge is 2.63. The van der Waals surface area contributed by atoms with Gasteiger partial charge in [-0.15, -0.1) is 10.2 Å². The van der Waals surface area contributed by atoms with Crippen molar-refractivity contribution in [3.05, 3.63) is 46.5 Å². The summed E-state index contributed by atoms with van der Waals surface area (Å²) in [6, 6.07) is 8.44. The lowest BCUT2D eigenvalue weighted by atomic mass is 9.47. The molecule has 0 N–H and O–H groups in total. The van der Waals surface area contributed by atoms with Gasteiger partial charge in [-0.3, -0.25) is 0 Å². The highest BCUT2D eigenvalue weighted by atomic mass is 79.9. The highest BCUT2D eigenvalue weighted by Crippen LogP contribution is 2.62. The zero-order valence-corrected chi connectivity index (χ0v) is 17.8. The number of rotatable bonds is 2. The van der Waals surface area contributed by atoms with Crippen molar-refractivity contribution in [1.29, 1.82) is 0 Å². The second-order valence-corrected chi connectivity index (χ2v) is 9.96. The maximum Gasteiger partial charge on any atom is 0.410 e. The van der Waals surface area contributed by atoms with E-state index in [1.165, 1.54) is 5.56 Å². The van der Waals surface area contributed by atoms with Gasteiger partial charge in [-0.2, -0.15) is 0 Å². The summed E-state index contributed by atoms with van der Waals surface area (Å²) in [4.78, 5) is 14.1. The summed E-state index contributed by atoms with van der Waals surface area (Å²) in [7, 11) is 1.99. The van der Waals surface area contributed by atoms with E-state index in [0.29, 0.717) is 0 Å². The van der Waals surface area contributed by atoms with Crippen LogP contribution in [0.4, 0.5) is 4.79 Å². The maximum absolute atomic E-state index is 12.3. The molecule has 0 unspecified atom stereocenters. The average molecular weight is 433 g/mol. The van der Waals surface area contributed by atoms with Crippen LogP contribution in [0.5, 0.6) is 0 Å². The first-order valence-corrected chi connectivity index (χ1v) is 10.0. The molecule has 1 amide bonds. The third-order valence-electron chi connectivity index (χ3n) is 5.57. The predicted molar refractivity (Wildman–Crippen MR) is 105 cm³/mol. The number of likely N-dealkylation sites (tertiary alicyclic amines) is 1. The normalized spacial score (nSPS) is 20.1. The molecule has 2 heterocycles. The van der Waals surface area contributed by atoms with Crippen LogP contribution in [0.2, 0.25) is 0 Å². The van der Waals surface area contributed by atoms with Crippen molar-refractivity contribution in [3.8, 4) is 0 Å². The van der Waals surface area contributed by atoms with E-state index in [1.807, 2.05) is 43.4 Å². The Kier molecular flexibility index (Phi) is 4.14. The van der Waals surface area contributed by atoms with E-state index < -0.39 is 5.60 Å². The van der Waals surface area contributed by atoms with Crippen LogP contribution in [-0.2, 0) is 17.2 Å². The first-order chi connectivity index (χ1) is 12.6. The average Bonchev–Trinajstić information content (AvgIpc) is 2.90. The van der Waals surface area contributed by atoms with Crippen LogP contribution in [0.15, 0.2) is 35.1 Å². The Hall–Kier alpha value is -1.89. The second-order valence-electron chi connectivity index (χ2n) is 9.05. The van der Waals surface area contributed by atoms with Gasteiger partial charge in [-0.05, 0) is 51.3 Å². The van der Waals surface area contributed by atoms with E-state index in [1.54, 1.807) is 6.33 Å². The van der Waals surface area contributed by atoms with Gasteiger partial charge in [-0.25, -0.2) is 4.79 Å². The topological polar surface area (TPSA) is 60.2 Å². The Morgan fingerprint density at radius 1 is 1.26 bits per heavy atom. The first kappa shape index (κ1) is 18.5. The number of carbonyl (C=O) groups excluding carboxylic acids is 1. The Morgan fingerprint density at radius 2 is 1.96 bits per heavy atom. The van der Waals surface area contributed by atoms with Gasteiger partial charge in [0, 0.05) is 30.0 Å². The molecule has 27 heavy (non-hydrogen) atoms. The summed E-state index contributed by atoms with van der Waals surface area (Å²) in [5.41, 5.74) is 0.771. The van der Waals surface area contributed by atoms with Gasteiger partial charge in [0.25, 0.3) is 0 Å². The van der Waals surface area contributed by atoms with Gasteiger partial charge in [-0.1, -0.05) is 28.1 Å². The molecule has 1 aromatic carbocycles. The van der Waals surface area contributed by atoms with E-state index in [4.69, 9.17) is 4.74 Å². The number of hydrogen-bond acceptors (Lipinski definition) is 4. The molecule has 0 bridgehead atoms. The molecule has 1 aromatic heterocycles. The van der Waals surface area contributed by atoms with Crippen LogP contribution in [0.3, 0.4) is 0 Å². The molecule has 1 saturated carbocycles. The summed E-state index contributed by atoms with van der Waals surface area (Å²) in [6.07, 6.45) is 3.46. The first-order valence-electron chi connectivity index (χ1n) is 9.21. The number of amides is 1. The van der Waals surface area contributed by atoms with Crippen molar-refractivity contribution >= 4 is 22.0 Å². The lowest BCUT2D eigenvalue weighted by Crippen LogP contribution is -2.68. The van der Waals surface area contributed by atoms with E-state index in [2.05, 4.69) is 44.3 Å². The van der Waals surface area contributed by atoms with Crippen molar-refractivity contribution in [2.24, 2.45) is 12.5 Å². The number of nitrogens with zero attached hydrogens (tertiary/aromatic N) is 4. The number of halogens is 1. The van der Waals surface area contributed by atoms with Gasteiger partial charge in [0.05, 0.1) is 5.41 Å². The summed E-state index contributed by atoms with van der Waals surface area (Å²) in [6.45, 7) is 7.19. The van der Waals surface area contributed by atoms with E-state index in [9.17, 15) is 4.79 Å². The van der Waals surface area contributed by atoms with E-state index in [-0.39, 0.29) is 16.9 Å². The molecule has 2 aromatic rings. The van der Waals surface area contributed by atoms with Gasteiger partial charge in [0.2, 0.25) is 0 Å². The standard InChI is InChI=1S/C20H25BrN4O2/c1-18(2,3)27-17(26)25-11-19(12-25)9-20(10-19,16-23-22-13-24(16)4)14-6-5-7-15(21)8-14/h5-8,13H,9-12H2,1-4H3. The van der Waals surface area contributed by atoms with Crippen LogP contribution in [0, 0.1) is 5.41 Å². The van der Waals surface area contributed by atoms with Crippen LogP contribution < -0.4 is 0 Å². The molecule has 144 valence electrons. The molecule has 4 rings (SSSR count). The predicted octanol–water partition coefficient (Wildman–Crippen LogP) is 3.89. The minimum absolute atomic E-state index is 0.144. The molecule has 1 saturated heterocycles. The molecular formula is C20H25BrN4O2. The fourth-order valence-corrected chi connectivity index (χ4v) is 5.06. The monoisotopic (exact) mass is 432 g/mol. The lowest BCUT2D eigenvalue weighted by Gasteiger charge is -2.63. The SMILES string of the molecule is Cn1cnnc1C1(c2cccc(Br)c2)CC2(CN(C(=O)OC(C)(C)C)C2)C1. The zero-order valence-electron chi connectivity index (χ0n) is 16.2. The minimum atomic E-state index is -0.460. The number of benzene rings is 1. The van der Waals surface area contributed by atoms with Gasteiger partial charge in [0.1, 0.15) is 17.8 Å². The van der Waals surface area contributed by atoms with Crippen molar-refractivity contribution in [3.63, 3.8) is 0 Å². The summed E-state index contributed by atoms with van der Waals surface area (Å²) in [5, 5.41) is 8.54. The zero-order chi connectivity index (χ0) is 19.4. The van der Waals surface area contributed by atoms with Gasteiger partial charge >= 0.3 is 6.09 Å². The van der Waals surface area contributed by atoms with Crippen LogP contribution in [0.25, 0.3) is 0 Å². The molecule has 1 aliphatic carbocycles. The quantitative estimate of drug-likeness (QED) is 0.721. The van der Waals surface area contributed by atoms with Crippen molar-refractivity contribution in [1.82, 2.24) is 19.7 Å². The van der Waals surface area contributed by atoms with Crippen LogP contribution in [-0.4, -0.2) is 44.4 Å². The molecule has 6 nitrogen and oxygen atoms in total. The number of aromatic nitrogens is 3. The van der Waals surface area contributed by atoms with Crippen molar-refractivity contribution < 1.29 is 9.53 Å². The number of ether oxygens (including phenoxy) is 1. The van der Waals surface area contributed by atoms with Crippen molar-refractivity contribution in [2.75, 3.05) is 13.1 Å². The molecule has 0 atom stereocenters. The lowest BCUT2D eigenvalue weighted by molar-refractivity contribution is -0.100. The van der Waals surface area contributed by atoms with Crippen LogP contribution >= 0.6 is 15.9 Å². The number of aryl methyl sites for hydroxylation is 1. The largest absolute Gasteiger partial charge is 0.444 e. The molecule has 1 aliphatic heterocycles. The van der Waals surface area contributed by atoms with Gasteiger partial charge < -0.3 is 14.2 Å². The van der Waals surface area contributed by atoms with E-state index >= 15 is 0 Å². The fourth-order valence-electron chi connectivity index (χ4n) is 4.67. The smallest absolute Gasteiger partial charge is 0.410 e. The molecule has 0 radical (unpaired) electrons. The third-order valence-corrected chi connectivity index (χ3v) is 6.07. The fraction of sp³-hybridized carbons (Fsp3) is 0.550.